The van der Waals surface area contributed by atoms with Crippen molar-refractivity contribution >= 4 is 19.0 Å². The largest absolute Gasteiger partial charge is 0.394 e. The Hall–Kier alpha value is -1.06. The van der Waals surface area contributed by atoms with Gasteiger partial charge in [0.1, 0.15) is 25.2 Å². The molecule has 0 aliphatic carbocycles. The fourth-order valence-corrected chi connectivity index (χ4v) is 0.586. The first-order chi connectivity index (χ1) is 4.63. The predicted octanol–water partition coefficient (Wildman–Crippen LogP) is 0.341. The van der Waals surface area contributed by atoms with Crippen LogP contribution in [0.5, 0.6) is 0 Å². The Labute approximate surface area is 58.3 Å². The highest BCUT2D eigenvalue weighted by atomic mass is 19.1. The van der Waals surface area contributed by atoms with Crippen LogP contribution in [0.15, 0.2) is 12.1 Å². The average Bonchev–Trinajstić information content (AvgIpc) is 1.93. The van der Waals surface area contributed by atoms with Crippen LogP contribution in [0.3, 0.4) is 0 Å². The molecule has 0 unspecified atom stereocenters. The summed E-state index contributed by atoms with van der Waals surface area (Å²) in [6.07, 6.45) is 0. The lowest BCUT2D eigenvalue weighted by molar-refractivity contribution is 0.597. The van der Waals surface area contributed by atoms with E-state index in [0.29, 0.717) is 0 Å². The number of nitrogen functional groups attached to an aromatic ring is 1. The first-order valence-electron chi connectivity index (χ1n) is 2.62. The molecule has 4 heteroatoms. The van der Waals surface area contributed by atoms with E-state index in [1.165, 1.54) is 0 Å². The highest BCUT2D eigenvalue weighted by Gasteiger charge is 2.05. The van der Waals surface area contributed by atoms with Crippen molar-refractivity contribution in [1.29, 1.82) is 0 Å². The summed E-state index contributed by atoms with van der Waals surface area (Å²) < 4.78 is 24.8. The summed E-state index contributed by atoms with van der Waals surface area (Å²) in [7, 11) is 5.07. The molecule has 0 aliphatic heterocycles. The van der Waals surface area contributed by atoms with Gasteiger partial charge in [0.2, 0.25) is 0 Å². The van der Waals surface area contributed by atoms with Crippen molar-refractivity contribution in [1.82, 2.24) is 0 Å². The van der Waals surface area contributed by atoms with Crippen molar-refractivity contribution in [2.45, 2.75) is 0 Å². The molecule has 0 aromatic heterocycles. The first kappa shape index (κ1) is 7.06. The molecule has 0 spiro atoms. The SMILES string of the molecule is [B]c1ccc(F)c(N)c1F. The number of hydrogen-bond acceptors (Lipinski definition) is 1. The van der Waals surface area contributed by atoms with Crippen LogP contribution < -0.4 is 11.2 Å². The second kappa shape index (κ2) is 2.29. The Morgan fingerprint density at radius 2 is 1.90 bits per heavy atom. The van der Waals surface area contributed by atoms with E-state index in [0.717, 1.165) is 12.1 Å². The topological polar surface area (TPSA) is 26.0 Å². The molecule has 10 heavy (non-hydrogen) atoms. The van der Waals surface area contributed by atoms with Crippen LogP contribution in [0.25, 0.3) is 0 Å². The fourth-order valence-electron chi connectivity index (χ4n) is 0.586. The molecule has 0 bridgehead atoms. The Morgan fingerprint density at radius 1 is 1.30 bits per heavy atom. The maximum Gasteiger partial charge on any atom is 0.149 e. The van der Waals surface area contributed by atoms with Crippen LogP contribution >= 0.6 is 0 Å². The molecule has 0 saturated carbocycles. The fraction of sp³-hybridized carbons (Fsp3) is 0. The standard InChI is InChI=1S/C6H4BF2N/c7-3-1-2-4(8)6(10)5(3)9/h1-2H,10H2. The molecule has 1 aromatic carbocycles. The molecule has 1 aromatic rings. The van der Waals surface area contributed by atoms with Gasteiger partial charge in [-0.2, -0.15) is 0 Å². The zero-order chi connectivity index (χ0) is 7.72. The number of benzene rings is 1. The molecule has 0 amide bonds. The second-order valence-electron chi connectivity index (χ2n) is 1.86. The molecule has 50 valence electrons. The smallest absolute Gasteiger partial charge is 0.149 e. The summed E-state index contributed by atoms with van der Waals surface area (Å²) in [5.41, 5.74) is 4.28. The van der Waals surface area contributed by atoms with Gasteiger partial charge in [-0.3, -0.25) is 0 Å². The van der Waals surface area contributed by atoms with Crippen LogP contribution in [-0.2, 0) is 0 Å². The summed E-state index contributed by atoms with van der Waals surface area (Å²) >= 11 is 0. The summed E-state index contributed by atoms with van der Waals surface area (Å²) in [6.45, 7) is 0. The molecule has 0 atom stereocenters. The maximum absolute atomic E-state index is 12.5. The molecule has 0 fully saturated rings. The number of anilines is 1. The van der Waals surface area contributed by atoms with Gasteiger partial charge in [-0.15, -0.1) is 0 Å². The number of nitrogens with two attached hydrogens (primary N) is 1. The highest BCUT2D eigenvalue weighted by Crippen LogP contribution is 2.10. The van der Waals surface area contributed by atoms with Crippen LogP contribution in [0.4, 0.5) is 14.5 Å². The molecule has 0 saturated heterocycles. The minimum atomic E-state index is -0.889. The zero-order valence-corrected chi connectivity index (χ0v) is 5.07. The first-order valence-corrected chi connectivity index (χ1v) is 2.62. The third-order valence-corrected chi connectivity index (χ3v) is 1.16. The van der Waals surface area contributed by atoms with Crippen LogP contribution in [0.2, 0.25) is 0 Å². The summed E-state index contributed by atoms with van der Waals surface area (Å²) in [4.78, 5) is 0. The van der Waals surface area contributed by atoms with Gasteiger partial charge in [0.15, 0.2) is 0 Å². The quantitative estimate of drug-likeness (QED) is 0.407. The molecular weight excluding hydrogens is 135 g/mol. The normalized spacial score (nSPS) is 9.80. The molecular formula is C6H4BF2N. The van der Waals surface area contributed by atoms with Crippen molar-refractivity contribution in [3.05, 3.63) is 23.8 Å². The van der Waals surface area contributed by atoms with Gasteiger partial charge in [-0.05, 0) is 6.07 Å². The number of hydrogen-bond donors (Lipinski definition) is 1. The van der Waals surface area contributed by atoms with E-state index in [1.54, 1.807) is 0 Å². The summed E-state index contributed by atoms with van der Waals surface area (Å²) in [5, 5.41) is 0. The zero-order valence-electron chi connectivity index (χ0n) is 5.07. The molecule has 2 radical (unpaired) electrons. The van der Waals surface area contributed by atoms with Crippen molar-refractivity contribution in [2.24, 2.45) is 0 Å². The average molecular weight is 139 g/mol. The number of rotatable bonds is 0. The van der Waals surface area contributed by atoms with Crippen molar-refractivity contribution in [2.75, 3.05) is 5.73 Å². The van der Waals surface area contributed by atoms with E-state index < -0.39 is 17.3 Å². The molecule has 1 nitrogen and oxygen atoms in total. The molecule has 2 N–H and O–H groups in total. The lowest BCUT2D eigenvalue weighted by Crippen LogP contribution is -2.12. The Balaban J connectivity index is 3.34. The lowest BCUT2D eigenvalue weighted by Gasteiger charge is -2.00. The Morgan fingerprint density at radius 3 is 2.40 bits per heavy atom. The third kappa shape index (κ3) is 0.965. The molecule has 1 rings (SSSR count). The van der Waals surface area contributed by atoms with Crippen molar-refractivity contribution in [3.63, 3.8) is 0 Å². The van der Waals surface area contributed by atoms with Gasteiger partial charge < -0.3 is 5.73 Å². The molecule has 0 heterocycles. The van der Waals surface area contributed by atoms with E-state index in [4.69, 9.17) is 13.6 Å². The van der Waals surface area contributed by atoms with E-state index in [9.17, 15) is 8.78 Å². The van der Waals surface area contributed by atoms with E-state index in [1.807, 2.05) is 0 Å². The van der Waals surface area contributed by atoms with Crippen molar-refractivity contribution in [3.8, 4) is 0 Å². The lowest BCUT2D eigenvalue weighted by atomic mass is 9.95. The maximum atomic E-state index is 12.5. The van der Waals surface area contributed by atoms with Crippen LogP contribution in [0, 0.1) is 11.6 Å². The van der Waals surface area contributed by atoms with Gasteiger partial charge in [0.05, 0.1) is 0 Å². The van der Waals surface area contributed by atoms with Gasteiger partial charge in [0, 0.05) is 0 Å². The van der Waals surface area contributed by atoms with Gasteiger partial charge in [-0.1, -0.05) is 11.5 Å². The third-order valence-electron chi connectivity index (χ3n) is 1.16. The Kier molecular flexibility index (Phi) is 1.61. The monoisotopic (exact) mass is 139 g/mol. The second-order valence-corrected chi connectivity index (χ2v) is 1.86. The minimum Gasteiger partial charge on any atom is -0.394 e. The predicted molar refractivity (Wildman–Crippen MR) is 36.2 cm³/mol. The highest BCUT2D eigenvalue weighted by molar-refractivity contribution is 6.32. The van der Waals surface area contributed by atoms with Gasteiger partial charge >= 0.3 is 0 Å². The van der Waals surface area contributed by atoms with Gasteiger partial charge in [0.25, 0.3) is 0 Å². The minimum absolute atomic E-state index is 0.140. The molecule has 0 aliphatic rings. The van der Waals surface area contributed by atoms with E-state index in [-0.39, 0.29) is 5.46 Å². The van der Waals surface area contributed by atoms with Gasteiger partial charge in [-0.25, -0.2) is 8.78 Å². The van der Waals surface area contributed by atoms with Crippen molar-refractivity contribution < 1.29 is 8.78 Å². The van der Waals surface area contributed by atoms with E-state index >= 15 is 0 Å². The van der Waals surface area contributed by atoms with E-state index in [2.05, 4.69) is 0 Å². The summed E-state index contributed by atoms with van der Waals surface area (Å²) in [6, 6.07) is 2.15. The van der Waals surface area contributed by atoms with Crippen LogP contribution in [-0.4, -0.2) is 7.85 Å². The summed E-state index contributed by atoms with van der Waals surface area (Å²) in [5.74, 6) is -1.67. The number of halogens is 2. The van der Waals surface area contributed by atoms with Crippen LogP contribution in [0.1, 0.15) is 0 Å². The Bertz CT molecular complexity index is 235.